The molecule has 6 nitrogen and oxygen atoms in total. The van der Waals surface area contributed by atoms with Gasteiger partial charge in [-0.1, -0.05) is 36.4 Å². The second-order valence-corrected chi connectivity index (χ2v) is 6.28. The van der Waals surface area contributed by atoms with E-state index >= 15 is 0 Å². The van der Waals surface area contributed by atoms with Crippen molar-refractivity contribution >= 4 is 11.9 Å². The standard InChI is InChI=1S/C20H24N2O4/c1-3-25-19(23)16(20(24)26-4-2)18-17(14-10-6-5-7-11-14)21-15-12-8-9-13-22(15)18/h5-13,15-18,21H,3-4H2,1-2H3/p+1. The summed E-state index contributed by atoms with van der Waals surface area (Å²) in [5, 5.41) is 3.54. The Bertz CT molecular complexity index is 683. The molecule has 2 aliphatic heterocycles. The first kappa shape index (κ1) is 18.4. The highest BCUT2D eigenvalue weighted by molar-refractivity contribution is 5.95. The summed E-state index contributed by atoms with van der Waals surface area (Å²) >= 11 is 0. The summed E-state index contributed by atoms with van der Waals surface area (Å²) in [7, 11) is 0. The van der Waals surface area contributed by atoms with Crippen molar-refractivity contribution < 1.29 is 24.0 Å². The molecule has 2 N–H and O–H groups in total. The monoisotopic (exact) mass is 357 g/mol. The van der Waals surface area contributed by atoms with Gasteiger partial charge in [-0.2, -0.15) is 0 Å². The first-order valence-corrected chi connectivity index (χ1v) is 9.03. The second kappa shape index (κ2) is 8.29. The van der Waals surface area contributed by atoms with E-state index in [0.29, 0.717) is 0 Å². The molecular formula is C20H25N2O4+. The lowest BCUT2D eigenvalue weighted by Crippen LogP contribution is -3.15. The van der Waals surface area contributed by atoms with Crippen LogP contribution in [0, 0.1) is 5.92 Å². The molecule has 138 valence electrons. The lowest BCUT2D eigenvalue weighted by Gasteiger charge is -2.28. The fourth-order valence-corrected chi connectivity index (χ4v) is 3.72. The molecule has 2 heterocycles. The highest BCUT2D eigenvalue weighted by Crippen LogP contribution is 2.27. The Hall–Kier alpha value is -2.44. The van der Waals surface area contributed by atoms with Gasteiger partial charge in [0.15, 0.2) is 6.17 Å². The summed E-state index contributed by atoms with van der Waals surface area (Å²) in [6, 6.07) is 9.32. The molecule has 1 aromatic rings. The van der Waals surface area contributed by atoms with Crippen molar-refractivity contribution in [3.8, 4) is 0 Å². The van der Waals surface area contributed by atoms with E-state index in [-0.39, 0.29) is 31.5 Å². The van der Waals surface area contributed by atoms with Crippen LogP contribution in [0.25, 0.3) is 0 Å². The summed E-state index contributed by atoms with van der Waals surface area (Å²) in [6.07, 6.45) is 7.91. The van der Waals surface area contributed by atoms with Crippen LogP contribution in [-0.2, 0) is 19.1 Å². The molecule has 2 aliphatic rings. The molecule has 4 unspecified atom stereocenters. The molecule has 1 saturated heterocycles. The normalized spacial score (nSPS) is 26.6. The predicted molar refractivity (Wildman–Crippen MR) is 95.9 cm³/mol. The van der Waals surface area contributed by atoms with Crippen LogP contribution in [0.4, 0.5) is 0 Å². The number of allylic oxidation sites excluding steroid dienone is 2. The van der Waals surface area contributed by atoms with Crippen molar-refractivity contribution in [3.63, 3.8) is 0 Å². The minimum atomic E-state index is -0.997. The number of nitrogens with one attached hydrogen (secondary N) is 2. The van der Waals surface area contributed by atoms with E-state index < -0.39 is 17.9 Å². The zero-order chi connectivity index (χ0) is 18.5. The van der Waals surface area contributed by atoms with Crippen molar-refractivity contribution in [2.24, 2.45) is 5.92 Å². The first-order valence-electron chi connectivity index (χ1n) is 9.03. The number of hydrogen-bond acceptors (Lipinski definition) is 5. The van der Waals surface area contributed by atoms with Crippen molar-refractivity contribution in [1.82, 2.24) is 5.32 Å². The number of quaternary nitrogens is 1. The largest absolute Gasteiger partial charge is 0.465 e. The van der Waals surface area contributed by atoms with Gasteiger partial charge in [-0.15, -0.1) is 0 Å². The third-order valence-corrected chi connectivity index (χ3v) is 4.76. The number of carbonyl (C=O) groups is 2. The van der Waals surface area contributed by atoms with Crippen molar-refractivity contribution in [3.05, 3.63) is 60.3 Å². The first-order chi connectivity index (χ1) is 12.7. The molecular weight excluding hydrogens is 332 g/mol. The topological polar surface area (TPSA) is 69.1 Å². The van der Waals surface area contributed by atoms with E-state index in [1.54, 1.807) is 13.8 Å². The third kappa shape index (κ3) is 3.57. The number of esters is 2. The second-order valence-electron chi connectivity index (χ2n) is 6.28. The molecule has 0 radical (unpaired) electrons. The van der Waals surface area contributed by atoms with Crippen LogP contribution in [0.2, 0.25) is 0 Å². The molecule has 3 rings (SSSR count). The number of hydrogen-bond donors (Lipinski definition) is 2. The Labute approximate surface area is 153 Å². The fourth-order valence-electron chi connectivity index (χ4n) is 3.72. The van der Waals surface area contributed by atoms with Gasteiger partial charge in [0, 0.05) is 0 Å². The van der Waals surface area contributed by atoms with Gasteiger partial charge in [-0.3, -0.25) is 19.8 Å². The fraction of sp³-hybridized carbons (Fsp3) is 0.400. The van der Waals surface area contributed by atoms with Crippen molar-refractivity contribution in [1.29, 1.82) is 0 Å². The van der Waals surface area contributed by atoms with E-state index in [1.165, 1.54) is 0 Å². The maximum absolute atomic E-state index is 12.7. The minimum Gasteiger partial charge on any atom is -0.465 e. The third-order valence-electron chi connectivity index (χ3n) is 4.76. The maximum atomic E-state index is 12.7. The van der Waals surface area contributed by atoms with Gasteiger partial charge in [0.05, 0.1) is 25.5 Å². The van der Waals surface area contributed by atoms with Crippen LogP contribution < -0.4 is 10.2 Å². The Morgan fingerprint density at radius 1 is 1.08 bits per heavy atom. The number of benzene rings is 1. The minimum absolute atomic E-state index is 0.0124. The van der Waals surface area contributed by atoms with Gasteiger partial charge in [0.2, 0.25) is 5.92 Å². The number of fused-ring (bicyclic) bond motifs is 1. The summed E-state index contributed by atoms with van der Waals surface area (Å²) < 4.78 is 10.4. The van der Waals surface area contributed by atoms with Gasteiger partial charge in [-0.05, 0) is 31.6 Å². The van der Waals surface area contributed by atoms with E-state index in [4.69, 9.17) is 9.47 Å². The van der Waals surface area contributed by atoms with Crippen LogP contribution >= 0.6 is 0 Å². The predicted octanol–water partition coefficient (Wildman–Crippen LogP) is 0.736. The smallest absolute Gasteiger partial charge is 0.326 e. The Balaban J connectivity index is 2.01. The lowest BCUT2D eigenvalue weighted by molar-refractivity contribution is -0.883. The zero-order valence-electron chi connectivity index (χ0n) is 15.1. The molecule has 6 heteroatoms. The SMILES string of the molecule is CCOC(=O)C(C(=O)OCC)C1C(c2ccccc2)NC2C=CC=C[NH+]21. The van der Waals surface area contributed by atoms with E-state index in [2.05, 4.69) is 5.32 Å². The quantitative estimate of drug-likeness (QED) is 0.581. The number of rotatable bonds is 6. The van der Waals surface area contributed by atoms with Crippen LogP contribution in [0.15, 0.2) is 54.8 Å². The Morgan fingerprint density at radius 2 is 1.73 bits per heavy atom. The van der Waals surface area contributed by atoms with Gasteiger partial charge >= 0.3 is 11.9 Å². The van der Waals surface area contributed by atoms with Gasteiger partial charge in [0.1, 0.15) is 6.04 Å². The highest BCUT2D eigenvalue weighted by Gasteiger charge is 2.54. The van der Waals surface area contributed by atoms with E-state index in [9.17, 15) is 9.59 Å². The molecule has 0 saturated carbocycles. The molecule has 4 atom stereocenters. The summed E-state index contributed by atoms with van der Waals surface area (Å²) in [5.74, 6) is -2.06. The van der Waals surface area contributed by atoms with Crippen molar-refractivity contribution in [2.75, 3.05) is 13.2 Å². The molecule has 0 aromatic heterocycles. The van der Waals surface area contributed by atoms with Gasteiger partial charge in [0.25, 0.3) is 0 Å². The zero-order valence-corrected chi connectivity index (χ0v) is 15.1. The average Bonchev–Trinajstić information content (AvgIpc) is 3.03. The molecule has 1 aromatic carbocycles. The summed E-state index contributed by atoms with van der Waals surface area (Å²) in [5.41, 5.74) is 1.03. The number of ether oxygens (including phenoxy) is 2. The molecule has 0 bridgehead atoms. The van der Waals surface area contributed by atoms with Crippen LogP contribution in [-0.4, -0.2) is 37.4 Å². The highest BCUT2D eigenvalue weighted by atomic mass is 16.6. The van der Waals surface area contributed by atoms with E-state index in [0.717, 1.165) is 10.5 Å². The summed E-state index contributed by atoms with van der Waals surface area (Å²) in [4.78, 5) is 26.4. The Morgan fingerprint density at radius 3 is 2.35 bits per heavy atom. The summed E-state index contributed by atoms with van der Waals surface area (Å²) in [6.45, 7) is 3.92. The average molecular weight is 357 g/mol. The number of carbonyl (C=O) groups excluding carboxylic acids is 2. The van der Waals surface area contributed by atoms with Crippen LogP contribution in [0.5, 0.6) is 0 Å². The molecule has 0 aliphatic carbocycles. The molecule has 0 spiro atoms. The Kier molecular flexibility index (Phi) is 5.85. The van der Waals surface area contributed by atoms with Gasteiger partial charge in [-0.25, -0.2) is 0 Å². The molecule has 26 heavy (non-hydrogen) atoms. The maximum Gasteiger partial charge on any atom is 0.326 e. The molecule has 0 amide bonds. The van der Waals surface area contributed by atoms with E-state index in [1.807, 2.05) is 54.8 Å². The van der Waals surface area contributed by atoms with Crippen LogP contribution in [0.1, 0.15) is 25.5 Å². The molecule has 1 fully saturated rings. The van der Waals surface area contributed by atoms with Gasteiger partial charge < -0.3 is 9.47 Å². The van der Waals surface area contributed by atoms with Crippen molar-refractivity contribution in [2.45, 2.75) is 32.1 Å². The lowest BCUT2D eigenvalue weighted by atomic mass is 9.89. The van der Waals surface area contributed by atoms with Crippen LogP contribution in [0.3, 0.4) is 0 Å².